The molecule has 0 saturated heterocycles. The molecule has 1 aliphatic carbocycles. The molecular formula is C8H7F4. The number of alkyl halides is 3. The van der Waals surface area contributed by atoms with E-state index in [1.807, 2.05) is 0 Å². The van der Waals surface area contributed by atoms with Crippen molar-refractivity contribution in [3.8, 4) is 0 Å². The van der Waals surface area contributed by atoms with Crippen molar-refractivity contribution >= 4 is 0 Å². The van der Waals surface area contributed by atoms with Gasteiger partial charge in [-0.2, -0.15) is 0 Å². The van der Waals surface area contributed by atoms with Crippen LogP contribution in [0.1, 0.15) is 6.92 Å². The second-order valence-electron chi connectivity index (χ2n) is 2.51. The van der Waals surface area contributed by atoms with Gasteiger partial charge in [0, 0.05) is 5.57 Å². The Labute approximate surface area is 67.6 Å². The minimum Gasteiger partial charge on any atom is -0.242 e. The summed E-state index contributed by atoms with van der Waals surface area (Å²) in [6.07, 6.45) is -2.76. The van der Waals surface area contributed by atoms with Gasteiger partial charge in [0.05, 0.1) is 5.92 Å². The first-order valence-electron chi connectivity index (χ1n) is 3.38. The van der Waals surface area contributed by atoms with E-state index in [2.05, 4.69) is 0 Å². The molecule has 1 rings (SSSR count). The van der Waals surface area contributed by atoms with Gasteiger partial charge in [-0.3, -0.25) is 0 Å². The van der Waals surface area contributed by atoms with E-state index < -0.39 is 24.0 Å². The van der Waals surface area contributed by atoms with Crippen LogP contribution in [0.3, 0.4) is 0 Å². The van der Waals surface area contributed by atoms with Crippen molar-refractivity contribution < 1.29 is 17.6 Å². The molecule has 0 aromatic rings. The number of rotatable bonds is 1. The third-order valence-corrected chi connectivity index (χ3v) is 1.69. The van der Waals surface area contributed by atoms with Crippen LogP contribution in [0.25, 0.3) is 0 Å². The van der Waals surface area contributed by atoms with Crippen molar-refractivity contribution in [3.05, 3.63) is 29.5 Å². The fraction of sp³-hybridized carbons (Fsp3) is 0.375. The lowest BCUT2D eigenvalue weighted by atomic mass is 9.95. The quantitative estimate of drug-likeness (QED) is 0.543. The standard InChI is InChI=1S/C8H7F4/c1-4-6(9)3-2-5(7(4)10)8(11)12/h2-3,6,8H,1H3. The molecule has 67 valence electrons. The Kier molecular flexibility index (Phi) is 2.55. The van der Waals surface area contributed by atoms with E-state index >= 15 is 0 Å². The fourth-order valence-corrected chi connectivity index (χ4v) is 0.923. The highest BCUT2D eigenvalue weighted by atomic mass is 19.3. The number of halogens is 4. The molecule has 0 N–H and O–H groups in total. The molecule has 0 fully saturated rings. The van der Waals surface area contributed by atoms with Gasteiger partial charge in [0.15, 0.2) is 0 Å². The molecule has 1 aliphatic rings. The van der Waals surface area contributed by atoms with Gasteiger partial charge >= 0.3 is 0 Å². The fourth-order valence-electron chi connectivity index (χ4n) is 0.923. The predicted octanol–water partition coefficient (Wildman–Crippen LogP) is 2.98. The van der Waals surface area contributed by atoms with Crippen molar-refractivity contribution in [2.45, 2.75) is 19.5 Å². The molecule has 1 unspecified atom stereocenters. The molecule has 0 bridgehead atoms. The third kappa shape index (κ3) is 1.52. The van der Waals surface area contributed by atoms with E-state index in [4.69, 9.17) is 0 Å². The molecule has 0 aromatic heterocycles. The first-order chi connectivity index (χ1) is 5.54. The van der Waals surface area contributed by atoms with Gasteiger partial charge in [0.1, 0.15) is 12.0 Å². The van der Waals surface area contributed by atoms with Crippen molar-refractivity contribution in [2.24, 2.45) is 0 Å². The van der Waals surface area contributed by atoms with E-state index in [-0.39, 0.29) is 5.92 Å². The largest absolute Gasteiger partial charge is 0.266 e. The topological polar surface area (TPSA) is 0 Å². The van der Waals surface area contributed by atoms with Crippen LogP contribution in [0, 0.1) is 5.92 Å². The van der Waals surface area contributed by atoms with Gasteiger partial charge in [-0.15, -0.1) is 0 Å². The van der Waals surface area contributed by atoms with Gasteiger partial charge in [-0.25, -0.2) is 17.6 Å². The third-order valence-electron chi connectivity index (χ3n) is 1.69. The lowest BCUT2D eigenvalue weighted by molar-refractivity contribution is 0.188. The molecule has 0 saturated carbocycles. The average molecular weight is 179 g/mol. The van der Waals surface area contributed by atoms with Gasteiger partial charge in [-0.1, -0.05) is 6.08 Å². The van der Waals surface area contributed by atoms with Crippen LogP contribution in [0.2, 0.25) is 0 Å². The first-order valence-corrected chi connectivity index (χ1v) is 3.38. The Hall–Kier alpha value is -0.800. The molecule has 0 amide bonds. The van der Waals surface area contributed by atoms with Crippen LogP contribution in [0.4, 0.5) is 17.6 Å². The first kappa shape index (κ1) is 9.29. The van der Waals surface area contributed by atoms with E-state index in [0.29, 0.717) is 0 Å². The van der Waals surface area contributed by atoms with Gasteiger partial charge in [-0.05, 0) is 13.0 Å². The summed E-state index contributed by atoms with van der Waals surface area (Å²) >= 11 is 0. The Morgan fingerprint density at radius 1 is 1.42 bits per heavy atom. The minimum absolute atomic E-state index is 0.284. The maximum Gasteiger partial charge on any atom is 0.266 e. The highest BCUT2D eigenvalue weighted by molar-refractivity contribution is 5.40. The Balaban J connectivity index is 2.94. The summed E-state index contributed by atoms with van der Waals surface area (Å²) in [7, 11) is 0. The van der Waals surface area contributed by atoms with E-state index in [9.17, 15) is 17.6 Å². The number of allylic oxidation sites excluding steroid dienone is 4. The Morgan fingerprint density at radius 2 is 2.00 bits per heavy atom. The van der Waals surface area contributed by atoms with Crippen LogP contribution in [-0.4, -0.2) is 12.6 Å². The van der Waals surface area contributed by atoms with Gasteiger partial charge < -0.3 is 0 Å². The smallest absolute Gasteiger partial charge is 0.242 e. The SMILES string of the molecule is C[C]1C(F)=C(C(F)F)C=CC1F. The summed E-state index contributed by atoms with van der Waals surface area (Å²) in [5, 5.41) is 0. The summed E-state index contributed by atoms with van der Waals surface area (Å²) in [4.78, 5) is 0. The van der Waals surface area contributed by atoms with Crippen LogP contribution in [0.15, 0.2) is 23.6 Å². The van der Waals surface area contributed by atoms with E-state index in [0.717, 1.165) is 19.1 Å². The highest BCUT2D eigenvalue weighted by Crippen LogP contribution is 2.32. The van der Waals surface area contributed by atoms with Gasteiger partial charge in [0.2, 0.25) is 0 Å². The monoisotopic (exact) mass is 179 g/mol. The molecule has 12 heavy (non-hydrogen) atoms. The number of hydrogen-bond donors (Lipinski definition) is 0. The van der Waals surface area contributed by atoms with Crippen molar-refractivity contribution in [2.75, 3.05) is 0 Å². The summed E-state index contributed by atoms with van der Waals surface area (Å²) in [5.74, 6) is -1.41. The summed E-state index contributed by atoms with van der Waals surface area (Å²) in [5.41, 5.74) is -0.735. The van der Waals surface area contributed by atoms with E-state index in [1.54, 1.807) is 0 Å². The molecule has 4 heteroatoms. The van der Waals surface area contributed by atoms with Crippen molar-refractivity contribution in [1.82, 2.24) is 0 Å². The maximum absolute atomic E-state index is 12.8. The second kappa shape index (κ2) is 3.29. The lowest BCUT2D eigenvalue weighted by Crippen LogP contribution is -2.15. The Morgan fingerprint density at radius 3 is 2.50 bits per heavy atom. The van der Waals surface area contributed by atoms with Crippen LogP contribution >= 0.6 is 0 Å². The van der Waals surface area contributed by atoms with Crippen molar-refractivity contribution in [1.29, 1.82) is 0 Å². The van der Waals surface area contributed by atoms with Crippen LogP contribution in [0.5, 0.6) is 0 Å². The normalized spacial score (nSPS) is 25.7. The summed E-state index contributed by atoms with van der Waals surface area (Å²) in [6, 6.07) is 0. The summed E-state index contributed by atoms with van der Waals surface area (Å²) < 4.78 is 49.4. The molecule has 0 aliphatic heterocycles. The van der Waals surface area contributed by atoms with Crippen LogP contribution in [-0.2, 0) is 0 Å². The van der Waals surface area contributed by atoms with E-state index in [1.165, 1.54) is 0 Å². The molecule has 1 atom stereocenters. The predicted molar refractivity (Wildman–Crippen MR) is 37.1 cm³/mol. The molecule has 0 aromatic carbocycles. The zero-order valence-electron chi connectivity index (χ0n) is 6.32. The average Bonchev–Trinajstić information content (AvgIpc) is 2.00. The lowest BCUT2D eigenvalue weighted by Gasteiger charge is -2.17. The number of hydrogen-bond acceptors (Lipinski definition) is 0. The molecule has 0 nitrogen and oxygen atoms in total. The Bertz CT molecular complexity index is 229. The molecule has 0 heterocycles. The second-order valence-corrected chi connectivity index (χ2v) is 2.51. The summed E-state index contributed by atoms with van der Waals surface area (Å²) in [6.45, 7) is 1.16. The van der Waals surface area contributed by atoms with Crippen molar-refractivity contribution in [3.63, 3.8) is 0 Å². The molecule has 0 spiro atoms. The van der Waals surface area contributed by atoms with Gasteiger partial charge in [0.25, 0.3) is 6.43 Å². The highest BCUT2D eigenvalue weighted by Gasteiger charge is 2.28. The zero-order chi connectivity index (χ0) is 9.30. The zero-order valence-corrected chi connectivity index (χ0v) is 6.32. The van der Waals surface area contributed by atoms with Crippen LogP contribution < -0.4 is 0 Å². The molecular weight excluding hydrogens is 172 g/mol. The maximum atomic E-state index is 12.8. The minimum atomic E-state index is -2.89. The molecule has 1 radical (unpaired) electrons.